The normalized spacial score (nSPS) is 11.6. The molecule has 12 heteroatoms. The molecule has 0 unspecified atom stereocenters. The third kappa shape index (κ3) is 20.7. The van der Waals surface area contributed by atoms with Crippen LogP contribution in [0.3, 0.4) is 0 Å². The van der Waals surface area contributed by atoms with E-state index in [1.54, 1.807) is 0 Å². The maximum absolute atomic E-state index is 6.84. The van der Waals surface area contributed by atoms with E-state index in [9.17, 15) is 0 Å². The van der Waals surface area contributed by atoms with Crippen LogP contribution in [0.1, 0.15) is 236 Å². The molecule has 0 aliphatic rings. The van der Waals surface area contributed by atoms with Gasteiger partial charge in [0.15, 0.2) is 69.0 Å². The molecule has 0 amide bonds. The fraction of sp³-hybridized carbons (Fsp3) is 0.571. The minimum absolute atomic E-state index is 0.576. The van der Waals surface area contributed by atoms with Crippen molar-refractivity contribution >= 4 is 64.6 Å². The van der Waals surface area contributed by atoms with Gasteiger partial charge in [-0.05, 0) is 214 Å². The highest BCUT2D eigenvalue weighted by atomic mass is 16.5. The van der Waals surface area contributed by atoms with Gasteiger partial charge in [0, 0.05) is 0 Å². The van der Waals surface area contributed by atoms with Gasteiger partial charge >= 0.3 is 0 Å². The van der Waals surface area contributed by atoms with E-state index in [0.717, 1.165) is 301 Å². The molecule has 0 fully saturated rings. The lowest BCUT2D eigenvalue weighted by atomic mass is 9.93. The van der Waals surface area contributed by atoms with Crippen LogP contribution in [0, 0.1) is 0 Å². The summed E-state index contributed by atoms with van der Waals surface area (Å²) < 4.78 is 79.5. The van der Waals surface area contributed by atoms with E-state index in [1.165, 1.54) is 0 Å². The second kappa shape index (κ2) is 41.2. The molecule has 526 valence electrons. The van der Waals surface area contributed by atoms with Crippen molar-refractivity contribution in [3.63, 3.8) is 0 Å². The molecule has 0 saturated heterocycles. The molecular weight excluding hydrogens is 1200 g/mol. The first-order chi connectivity index (χ1) is 47.3. The molecule has 8 aromatic rings. The minimum atomic E-state index is 0.576. The van der Waals surface area contributed by atoms with E-state index >= 15 is 0 Å². The number of fused-ring (bicyclic) bond motifs is 12. The Morgan fingerprint density at radius 2 is 0.229 bits per heavy atom. The van der Waals surface area contributed by atoms with Crippen LogP contribution in [0.2, 0.25) is 0 Å². The molecule has 0 aliphatic carbocycles. The van der Waals surface area contributed by atoms with Crippen molar-refractivity contribution in [3.8, 4) is 69.0 Å². The summed E-state index contributed by atoms with van der Waals surface area (Å²) in [6.07, 6.45) is 26.0. The van der Waals surface area contributed by atoms with Gasteiger partial charge in [0.1, 0.15) is 0 Å². The standard InChI is InChI=1S/C84H118O12/c1-11-21-37-85-73-49-61-63-51-75(87-39-23-13-3)79(91-43-27-17-7)55-67(63)71-59-83(81(93-45-29-19-9)57-69(71)65(61)53-77(73)89-41-25-15-5)95-47-35-33-31-32-34-36-48-96-84-60-72-68-56-80(92-44-28-18-8)76(88-40-24-14-4)52-64(68)62-50-74(86-38-22-12-2)78(90-42-26-16-6)54-66(62)70(72)58-82(84)94-46-30-20-10/h49-60H,11-48H2,1-10H3. The van der Waals surface area contributed by atoms with Gasteiger partial charge in [-0.3, -0.25) is 0 Å². The lowest BCUT2D eigenvalue weighted by Gasteiger charge is -2.20. The topological polar surface area (TPSA) is 111 Å². The Morgan fingerprint density at radius 3 is 0.333 bits per heavy atom. The molecule has 96 heavy (non-hydrogen) atoms. The Bertz CT molecular complexity index is 3300. The van der Waals surface area contributed by atoms with Gasteiger partial charge in [-0.15, -0.1) is 0 Å². The van der Waals surface area contributed by atoms with Crippen molar-refractivity contribution in [3.05, 3.63) is 72.8 Å². The predicted molar refractivity (Wildman–Crippen MR) is 401 cm³/mol. The van der Waals surface area contributed by atoms with E-state index < -0.39 is 0 Å². The first kappa shape index (κ1) is 74.7. The van der Waals surface area contributed by atoms with E-state index in [0.29, 0.717) is 79.3 Å². The molecule has 8 rings (SSSR count). The van der Waals surface area contributed by atoms with Crippen LogP contribution in [-0.4, -0.2) is 79.3 Å². The number of hydrogen-bond donors (Lipinski definition) is 0. The van der Waals surface area contributed by atoms with Gasteiger partial charge in [0.05, 0.1) is 79.3 Å². The van der Waals surface area contributed by atoms with Crippen LogP contribution in [0.25, 0.3) is 64.6 Å². The van der Waals surface area contributed by atoms with E-state index in [4.69, 9.17) is 56.8 Å². The summed E-state index contributed by atoms with van der Waals surface area (Å²) >= 11 is 0. The summed E-state index contributed by atoms with van der Waals surface area (Å²) in [7, 11) is 0. The van der Waals surface area contributed by atoms with Crippen LogP contribution < -0.4 is 56.8 Å². The first-order valence-corrected chi connectivity index (χ1v) is 37.9. The molecule has 12 nitrogen and oxygen atoms in total. The molecule has 0 radical (unpaired) electrons. The molecule has 0 heterocycles. The summed E-state index contributed by atoms with van der Waals surface area (Å²) in [6.45, 7) is 29.2. The second-order valence-electron chi connectivity index (χ2n) is 25.9. The number of rotatable bonds is 51. The maximum atomic E-state index is 6.84. The van der Waals surface area contributed by atoms with Crippen molar-refractivity contribution in [1.82, 2.24) is 0 Å². The largest absolute Gasteiger partial charge is 0.490 e. The predicted octanol–water partition coefficient (Wildman–Crippen LogP) is 24.2. The van der Waals surface area contributed by atoms with Crippen molar-refractivity contribution < 1.29 is 56.8 Å². The number of benzene rings is 8. The molecular formula is C84H118O12. The molecule has 0 bridgehead atoms. The Balaban J connectivity index is 1.04. The molecule has 0 N–H and O–H groups in total. The Morgan fingerprint density at radius 1 is 0.135 bits per heavy atom. The average molecular weight is 1320 g/mol. The average Bonchev–Trinajstić information content (AvgIpc) is 0.736. The summed E-state index contributed by atoms with van der Waals surface area (Å²) in [5, 5.41) is 12.8. The summed E-state index contributed by atoms with van der Waals surface area (Å²) in [6, 6.07) is 26.3. The van der Waals surface area contributed by atoms with E-state index in [1.807, 2.05) is 0 Å². The van der Waals surface area contributed by atoms with Gasteiger partial charge < -0.3 is 56.8 Å². The third-order valence-corrected chi connectivity index (χ3v) is 17.9. The molecule has 0 spiro atoms. The first-order valence-electron chi connectivity index (χ1n) is 37.9. The zero-order valence-electron chi connectivity index (χ0n) is 60.7. The van der Waals surface area contributed by atoms with E-state index in [-0.39, 0.29) is 0 Å². The van der Waals surface area contributed by atoms with Crippen molar-refractivity contribution in [2.24, 2.45) is 0 Å². The lowest BCUT2D eigenvalue weighted by Crippen LogP contribution is -2.05. The van der Waals surface area contributed by atoms with Gasteiger partial charge in [0.25, 0.3) is 0 Å². The van der Waals surface area contributed by atoms with Crippen molar-refractivity contribution in [2.75, 3.05) is 79.3 Å². The smallest absolute Gasteiger partial charge is 0.161 e. The van der Waals surface area contributed by atoms with Crippen molar-refractivity contribution in [2.45, 2.75) is 236 Å². The van der Waals surface area contributed by atoms with Crippen LogP contribution in [-0.2, 0) is 0 Å². The van der Waals surface area contributed by atoms with Gasteiger partial charge in [0.2, 0.25) is 0 Å². The highest BCUT2D eigenvalue weighted by Crippen LogP contribution is 2.50. The highest BCUT2D eigenvalue weighted by Gasteiger charge is 2.24. The summed E-state index contributed by atoms with van der Waals surface area (Å²) in [5.41, 5.74) is 0. The van der Waals surface area contributed by atoms with E-state index in [2.05, 4.69) is 142 Å². The third-order valence-electron chi connectivity index (χ3n) is 17.9. The van der Waals surface area contributed by atoms with Crippen LogP contribution in [0.5, 0.6) is 69.0 Å². The molecule has 0 saturated carbocycles. The zero-order chi connectivity index (χ0) is 67.7. The lowest BCUT2D eigenvalue weighted by molar-refractivity contribution is 0.257. The SMILES string of the molecule is CCCCOc1cc2c3cc(OCCCC)c(OCCCC)cc3c3cc(OCCCCCCCCOc4cc5c6cc(OCCCC)c(OCCCC)cc6c6cc(OCCCC)c(OCCCC)cc6c5cc4OCCCC)c(OCCCC)cc3c2cc1OCCCC. The Kier molecular flexibility index (Phi) is 32.1. The fourth-order valence-corrected chi connectivity index (χ4v) is 11.9. The monoisotopic (exact) mass is 1320 g/mol. The highest BCUT2D eigenvalue weighted by molar-refractivity contribution is 6.28. The molecule has 0 atom stereocenters. The number of hydrogen-bond acceptors (Lipinski definition) is 12. The van der Waals surface area contributed by atoms with Crippen LogP contribution in [0.15, 0.2) is 72.8 Å². The van der Waals surface area contributed by atoms with Crippen LogP contribution in [0.4, 0.5) is 0 Å². The van der Waals surface area contributed by atoms with Crippen molar-refractivity contribution in [1.29, 1.82) is 0 Å². The Labute approximate surface area is 575 Å². The number of unbranched alkanes of at least 4 members (excludes halogenated alkanes) is 15. The summed E-state index contributed by atoms with van der Waals surface area (Å²) in [4.78, 5) is 0. The van der Waals surface area contributed by atoms with Gasteiger partial charge in [-0.2, -0.15) is 0 Å². The fourth-order valence-electron chi connectivity index (χ4n) is 11.9. The van der Waals surface area contributed by atoms with Gasteiger partial charge in [-0.1, -0.05) is 159 Å². The molecule has 0 aliphatic heterocycles. The molecule has 0 aromatic heterocycles. The second-order valence-corrected chi connectivity index (χ2v) is 25.9. The van der Waals surface area contributed by atoms with Gasteiger partial charge in [-0.25, -0.2) is 0 Å². The quantitative estimate of drug-likeness (QED) is 0.0267. The maximum Gasteiger partial charge on any atom is 0.161 e. The van der Waals surface area contributed by atoms with Crippen LogP contribution >= 0.6 is 0 Å². The summed E-state index contributed by atoms with van der Waals surface area (Å²) in [5.74, 6) is 9.12. The Hall–Kier alpha value is -7.08. The minimum Gasteiger partial charge on any atom is -0.490 e. The number of ether oxygens (including phenoxy) is 12. The zero-order valence-corrected chi connectivity index (χ0v) is 60.7. The molecule has 8 aromatic carbocycles.